The largest absolute Gasteiger partial charge is 0.462 e. The first-order valence-corrected chi connectivity index (χ1v) is 11.7. The standard InChI is InChI=1S/C24H33N3O5/c1-2-32-24(30)19-3-5-20(6-4-19)27-22(28)17-21(23(27)29)26-11-8-18(9-12-26)7-10-25-13-15-31-16-14-25/h3-6,18,21H,2,7-17H2,1H3. The fourth-order valence-electron chi connectivity index (χ4n) is 4.88. The van der Waals surface area contributed by atoms with Gasteiger partial charge >= 0.3 is 5.97 Å². The van der Waals surface area contributed by atoms with Crippen LogP contribution in [0.2, 0.25) is 0 Å². The highest BCUT2D eigenvalue weighted by atomic mass is 16.5. The zero-order valence-electron chi connectivity index (χ0n) is 18.8. The Hall–Kier alpha value is -2.29. The molecule has 3 aliphatic rings. The minimum absolute atomic E-state index is 0.161. The number of imide groups is 1. The molecule has 1 atom stereocenters. The van der Waals surface area contributed by atoms with Crippen molar-refractivity contribution in [3.8, 4) is 0 Å². The fraction of sp³-hybridized carbons (Fsp3) is 0.625. The average molecular weight is 444 g/mol. The number of carbonyl (C=O) groups excluding carboxylic acids is 3. The van der Waals surface area contributed by atoms with E-state index in [0.717, 1.165) is 58.8 Å². The molecule has 3 aliphatic heterocycles. The van der Waals surface area contributed by atoms with Gasteiger partial charge in [-0.3, -0.25) is 19.4 Å². The van der Waals surface area contributed by atoms with Crippen LogP contribution in [-0.2, 0) is 19.1 Å². The number of amides is 2. The van der Waals surface area contributed by atoms with Gasteiger partial charge in [-0.1, -0.05) is 0 Å². The van der Waals surface area contributed by atoms with E-state index in [1.54, 1.807) is 31.2 Å². The first-order chi connectivity index (χ1) is 15.6. The lowest BCUT2D eigenvalue weighted by atomic mass is 9.92. The molecule has 1 aromatic rings. The van der Waals surface area contributed by atoms with Crippen molar-refractivity contribution >= 4 is 23.5 Å². The summed E-state index contributed by atoms with van der Waals surface area (Å²) in [6, 6.07) is 6.10. The fourth-order valence-corrected chi connectivity index (χ4v) is 4.88. The lowest BCUT2D eigenvalue weighted by molar-refractivity contribution is -0.123. The second-order valence-corrected chi connectivity index (χ2v) is 8.78. The average Bonchev–Trinajstić information content (AvgIpc) is 3.12. The maximum Gasteiger partial charge on any atom is 0.338 e. The van der Waals surface area contributed by atoms with Crippen LogP contribution in [0, 0.1) is 5.92 Å². The summed E-state index contributed by atoms with van der Waals surface area (Å²) in [5, 5.41) is 0. The van der Waals surface area contributed by atoms with Crippen LogP contribution < -0.4 is 4.90 Å². The first-order valence-electron chi connectivity index (χ1n) is 11.7. The number of rotatable bonds is 7. The van der Waals surface area contributed by atoms with Gasteiger partial charge in [0.25, 0.3) is 5.91 Å². The van der Waals surface area contributed by atoms with Gasteiger partial charge in [0.1, 0.15) is 0 Å². The molecule has 32 heavy (non-hydrogen) atoms. The number of nitrogens with zero attached hydrogens (tertiary/aromatic N) is 3. The van der Waals surface area contributed by atoms with E-state index >= 15 is 0 Å². The number of morpholine rings is 1. The van der Waals surface area contributed by atoms with E-state index in [1.165, 1.54) is 11.3 Å². The summed E-state index contributed by atoms with van der Waals surface area (Å²) in [5.74, 6) is -0.0794. The van der Waals surface area contributed by atoms with Crippen molar-refractivity contribution in [1.29, 1.82) is 0 Å². The molecule has 0 radical (unpaired) electrons. The number of benzene rings is 1. The van der Waals surface area contributed by atoms with Gasteiger partial charge in [0.15, 0.2) is 0 Å². The van der Waals surface area contributed by atoms with Crippen molar-refractivity contribution in [1.82, 2.24) is 9.80 Å². The van der Waals surface area contributed by atoms with E-state index in [-0.39, 0.29) is 24.3 Å². The zero-order valence-corrected chi connectivity index (χ0v) is 18.8. The number of piperidine rings is 1. The van der Waals surface area contributed by atoms with E-state index in [1.807, 2.05) is 0 Å². The van der Waals surface area contributed by atoms with Crippen molar-refractivity contribution in [3.05, 3.63) is 29.8 Å². The number of ether oxygens (including phenoxy) is 2. The molecule has 174 valence electrons. The van der Waals surface area contributed by atoms with Gasteiger partial charge in [-0.05, 0) is 76.0 Å². The minimum atomic E-state index is -0.410. The molecule has 0 bridgehead atoms. The highest BCUT2D eigenvalue weighted by molar-refractivity contribution is 6.22. The Morgan fingerprint density at radius 2 is 1.75 bits per heavy atom. The summed E-state index contributed by atoms with van der Waals surface area (Å²) in [7, 11) is 0. The molecule has 8 nitrogen and oxygen atoms in total. The van der Waals surface area contributed by atoms with Gasteiger partial charge in [0.2, 0.25) is 5.91 Å². The Morgan fingerprint density at radius 1 is 1.06 bits per heavy atom. The molecule has 3 fully saturated rings. The van der Waals surface area contributed by atoms with Crippen LogP contribution in [0.5, 0.6) is 0 Å². The van der Waals surface area contributed by atoms with Crippen molar-refractivity contribution < 1.29 is 23.9 Å². The van der Waals surface area contributed by atoms with Crippen LogP contribution in [0.4, 0.5) is 5.69 Å². The van der Waals surface area contributed by atoms with Gasteiger partial charge in [-0.2, -0.15) is 0 Å². The molecule has 3 saturated heterocycles. The van der Waals surface area contributed by atoms with Crippen molar-refractivity contribution in [2.75, 3.05) is 57.4 Å². The third kappa shape index (κ3) is 5.19. The van der Waals surface area contributed by atoms with E-state index in [9.17, 15) is 14.4 Å². The third-order valence-corrected chi connectivity index (χ3v) is 6.81. The summed E-state index contributed by atoms with van der Waals surface area (Å²) >= 11 is 0. The van der Waals surface area contributed by atoms with Crippen molar-refractivity contribution in [3.63, 3.8) is 0 Å². The number of anilines is 1. The summed E-state index contributed by atoms with van der Waals surface area (Å²) in [6.45, 7) is 8.58. The normalized spacial score (nSPS) is 23.7. The van der Waals surface area contributed by atoms with Gasteiger partial charge in [-0.15, -0.1) is 0 Å². The lowest BCUT2D eigenvalue weighted by Gasteiger charge is -2.36. The summed E-state index contributed by atoms with van der Waals surface area (Å²) in [6.07, 6.45) is 3.54. The minimum Gasteiger partial charge on any atom is -0.462 e. The highest BCUT2D eigenvalue weighted by Gasteiger charge is 2.43. The maximum atomic E-state index is 13.1. The maximum absolute atomic E-state index is 13.1. The predicted octanol–water partition coefficient (Wildman–Crippen LogP) is 1.93. The molecule has 0 N–H and O–H groups in total. The van der Waals surface area contributed by atoms with E-state index in [4.69, 9.17) is 9.47 Å². The quantitative estimate of drug-likeness (QED) is 0.471. The number of carbonyl (C=O) groups is 3. The lowest BCUT2D eigenvalue weighted by Crippen LogP contribution is -2.46. The summed E-state index contributed by atoms with van der Waals surface area (Å²) < 4.78 is 10.4. The molecule has 1 aromatic carbocycles. The molecule has 2 amide bonds. The van der Waals surface area contributed by atoms with E-state index in [0.29, 0.717) is 23.8 Å². The van der Waals surface area contributed by atoms with Crippen LogP contribution in [0.25, 0.3) is 0 Å². The smallest absolute Gasteiger partial charge is 0.338 e. The molecule has 3 heterocycles. The SMILES string of the molecule is CCOC(=O)c1ccc(N2C(=O)CC(N3CCC(CCN4CCOCC4)CC3)C2=O)cc1. The van der Waals surface area contributed by atoms with Crippen LogP contribution in [0.1, 0.15) is 43.0 Å². The zero-order chi connectivity index (χ0) is 22.5. The van der Waals surface area contributed by atoms with Crippen LogP contribution in [0.3, 0.4) is 0 Å². The molecule has 0 spiro atoms. The number of esters is 1. The van der Waals surface area contributed by atoms with Crippen molar-refractivity contribution in [2.45, 2.75) is 38.6 Å². The summed E-state index contributed by atoms with van der Waals surface area (Å²) in [4.78, 5) is 43.5. The van der Waals surface area contributed by atoms with Gasteiger partial charge in [0.05, 0.1) is 43.5 Å². The Balaban J connectivity index is 1.30. The Labute approximate surface area is 189 Å². The molecular weight excluding hydrogens is 410 g/mol. The molecule has 0 aliphatic carbocycles. The monoisotopic (exact) mass is 443 g/mol. The second kappa shape index (κ2) is 10.6. The molecule has 4 rings (SSSR count). The van der Waals surface area contributed by atoms with Crippen LogP contribution >= 0.6 is 0 Å². The summed E-state index contributed by atoms with van der Waals surface area (Å²) in [5.41, 5.74) is 0.918. The Kier molecular flexibility index (Phi) is 7.55. The van der Waals surface area contributed by atoms with Gasteiger partial charge < -0.3 is 9.47 Å². The molecule has 0 saturated carbocycles. The topological polar surface area (TPSA) is 79.4 Å². The Bertz CT molecular complexity index is 813. The number of likely N-dealkylation sites (tertiary alicyclic amines) is 1. The molecular formula is C24H33N3O5. The van der Waals surface area contributed by atoms with Crippen LogP contribution in [-0.4, -0.2) is 86.2 Å². The number of hydrogen-bond donors (Lipinski definition) is 0. The first kappa shape index (κ1) is 22.9. The molecule has 8 heteroatoms. The van der Waals surface area contributed by atoms with E-state index in [2.05, 4.69) is 9.80 Å². The van der Waals surface area contributed by atoms with Crippen LogP contribution in [0.15, 0.2) is 24.3 Å². The van der Waals surface area contributed by atoms with E-state index < -0.39 is 5.97 Å². The number of hydrogen-bond acceptors (Lipinski definition) is 7. The van der Waals surface area contributed by atoms with Crippen molar-refractivity contribution in [2.24, 2.45) is 5.92 Å². The van der Waals surface area contributed by atoms with Gasteiger partial charge in [-0.25, -0.2) is 9.69 Å². The van der Waals surface area contributed by atoms with Gasteiger partial charge in [0, 0.05) is 13.1 Å². The predicted molar refractivity (Wildman–Crippen MR) is 119 cm³/mol. The molecule has 1 unspecified atom stereocenters. The third-order valence-electron chi connectivity index (χ3n) is 6.81. The highest BCUT2D eigenvalue weighted by Crippen LogP contribution is 2.30. The Morgan fingerprint density at radius 3 is 2.41 bits per heavy atom. The molecule has 0 aromatic heterocycles. The second-order valence-electron chi connectivity index (χ2n) is 8.78.